The predicted molar refractivity (Wildman–Crippen MR) is 116 cm³/mol. The standard InChI is InChI=1S/C23H31F3N2O6/c1-6-32-18(29)17-12-22(19(30)33-7-2,27-20(31)34-21(3,4)5)14-28(17)13-15-10-8-9-11-16(15)23(24,25)26/h8-11,17H,6-7,12-14H2,1-5H3,(H,27,31). The Morgan fingerprint density at radius 3 is 2.26 bits per heavy atom. The van der Waals surface area contributed by atoms with Gasteiger partial charge >= 0.3 is 24.2 Å². The number of alkyl carbamates (subject to hydrolysis) is 1. The van der Waals surface area contributed by atoms with Gasteiger partial charge in [0.1, 0.15) is 11.6 Å². The maximum Gasteiger partial charge on any atom is 0.416 e. The maximum absolute atomic E-state index is 13.6. The van der Waals surface area contributed by atoms with Gasteiger partial charge in [-0.05, 0) is 46.2 Å². The summed E-state index contributed by atoms with van der Waals surface area (Å²) in [7, 11) is 0. The second-order valence-corrected chi connectivity index (χ2v) is 8.96. The zero-order valence-corrected chi connectivity index (χ0v) is 20.0. The number of nitrogens with zero attached hydrogens (tertiary/aromatic N) is 1. The molecule has 8 nitrogen and oxygen atoms in total. The fourth-order valence-corrected chi connectivity index (χ4v) is 3.83. The molecule has 0 bridgehead atoms. The van der Waals surface area contributed by atoms with Gasteiger partial charge in [0.15, 0.2) is 5.54 Å². The van der Waals surface area contributed by atoms with Crippen LogP contribution in [0, 0.1) is 0 Å². The molecule has 0 radical (unpaired) electrons. The first kappa shape index (κ1) is 27.4. The molecular formula is C23H31F3N2O6. The predicted octanol–water partition coefficient (Wildman–Crippen LogP) is 3.67. The third-order valence-corrected chi connectivity index (χ3v) is 5.12. The van der Waals surface area contributed by atoms with E-state index in [-0.39, 0.29) is 38.3 Å². The number of nitrogens with one attached hydrogen (secondary N) is 1. The summed E-state index contributed by atoms with van der Waals surface area (Å²) in [5.41, 5.74) is -3.53. The van der Waals surface area contributed by atoms with Crippen molar-refractivity contribution in [3.05, 3.63) is 35.4 Å². The van der Waals surface area contributed by atoms with Crippen LogP contribution in [0.5, 0.6) is 0 Å². The molecule has 2 rings (SSSR count). The molecule has 190 valence electrons. The van der Waals surface area contributed by atoms with Crippen LogP contribution in [0.4, 0.5) is 18.0 Å². The number of ether oxygens (including phenoxy) is 3. The van der Waals surface area contributed by atoms with Crippen LogP contribution >= 0.6 is 0 Å². The first-order valence-corrected chi connectivity index (χ1v) is 11.0. The highest BCUT2D eigenvalue weighted by atomic mass is 19.4. The first-order chi connectivity index (χ1) is 15.7. The first-order valence-electron chi connectivity index (χ1n) is 11.0. The van der Waals surface area contributed by atoms with Crippen molar-refractivity contribution in [2.75, 3.05) is 19.8 Å². The van der Waals surface area contributed by atoms with E-state index in [1.807, 2.05) is 0 Å². The average Bonchev–Trinajstić information content (AvgIpc) is 3.05. The van der Waals surface area contributed by atoms with Crippen molar-refractivity contribution in [3.8, 4) is 0 Å². The third-order valence-electron chi connectivity index (χ3n) is 5.12. The Hall–Kier alpha value is -2.82. The molecule has 0 aliphatic carbocycles. The summed E-state index contributed by atoms with van der Waals surface area (Å²) in [6, 6.07) is 3.88. The summed E-state index contributed by atoms with van der Waals surface area (Å²) < 4.78 is 56.2. The third kappa shape index (κ3) is 6.85. The number of rotatable bonds is 7. The number of carbonyl (C=O) groups excluding carboxylic acids is 3. The molecule has 2 unspecified atom stereocenters. The van der Waals surface area contributed by atoms with Crippen molar-refractivity contribution >= 4 is 18.0 Å². The molecule has 0 aromatic heterocycles. The Morgan fingerprint density at radius 2 is 1.71 bits per heavy atom. The molecule has 1 saturated heterocycles. The average molecular weight is 489 g/mol. The Morgan fingerprint density at radius 1 is 1.09 bits per heavy atom. The lowest BCUT2D eigenvalue weighted by Crippen LogP contribution is -2.57. The molecular weight excluding hydrogens is 457 g/mol. The monoisotopic (exact) mass is 488 g/mol. The molecule has 1 heterocycles. The van der Waals surface area contributed by atoms with Gasteiger partial charge in [-0.1, -0.05) is 18.2 Å². The number of benzene rings is 1. The van der Waals surface area contributed by atoms with E-state index >= 15 is 0 Å². The van der Waals surface area contributed by atoms with Gasteiger partial charge in [-0.25, -0.2) is 9.59 Å². The lowest BCUT2D eigenvalue weighted by molar-refractivity contribution is -0.151. The molecule has 0 saturated carbocycles. The summed E-state index contributed by atoms with van der Waals surface area (Å²) in [4.78, 5) is 39.6. The van der Waals surface area contributed by atoms with E-state index in [1.54, 1.807) is 34.6 Å². The minimum Gasteiger partial charge on any atom is -0.465 e. The Bertz CT molecular complexity index is 899. The topological polar surface area (TPSA) is 94.2 Å². The normalized spacial score (nSPS) is 21.1. The van der Waals surface area contributed by atoms with E-state index in [2.05, 4.69) is 5.32 Å². The van der Waals surface area contributed by atoms with E-state index < -0.39 is 47.0 Å². The summed E-state index contributed by atoms with van der Waals surface area (Å²) in [5.74, 6) is -1.54. The van der Waals surface area contributed by atoms with Gasteiger partial charge in [-0.15, -0.1) is 0 Å². The number of amides is 1. The van der Waals surface area contributed by atoms with Gasteiger partial charge in [-0.3, -0.25) is 9.69 Å². The van der Waals surface area contributed by atoms with Crippen molar-refractivity contribution in [2.24, 2.45) is 0 Å². The van der Waals surface area contributed by atoms with Crippen LogP contribution in [-0.2, 0) is 36.5 Å². The molecule has 1 N–H and O–H groups in total. The second-order valence-electron chi connectivity index (χ2n) is 8.96. The summed E-state index contributed by atoms with van der Waals surface area (Å²) >= 11 is 0. The van der Waals surface area contributed by atoms with E-state index in [0.29, 0.717) is 0 Å². The molecule has 1 aliphatic rings. The number of halogens is 3. The van der Waals surface area contributed by atoms with Crippen LogP contribution in [0.25, 0.3) is 0 Å². The van der Waals surface area contributed by atoms with Crippen LogP contribution in [-0.4, -0.2) is 59.9 Å². The van der Waals surface area contributed by atoms with E-state index in [9.17, 15) is 27.6 Å². The number of hydrogen-bond acceptors (Lipinski definition) is 7. The van der Waals surface area contributed by atoms with Crippen LogP contribution in [0.2, 0.25) is 0 Å². The fraction of sp³-hybridized carbons (Fsp3) is 0.609. The minimum atomic E-state index is -4.61. The zero-order valence-electron chi connectivity index (χ0n) is 20.0. The molecule has 11 heteroatoms. The van der Waals surface area contributed by atoms with Crippen molar-refractivity contribution in [2.45, 2.75) is 70.9 Å². The van der Waals surface area contributed by atoms with Crippen LogP contribution in [0.1, 0.15) is 52.2 Å². The Balaban J connectivity index is 2.46. The van der Waals surface area contributed by atoms with Crippen molar-refractivity contribution in [3.63, 3.8) is 0 Å². The highest BCUT2D eigenvalue weighted by Gasteiger charge is 2.55. The largest absolute Gasteiger partial charge is 0.465 e. The molecule has 1 fully saturated rings. The van der Waals surface area contributed by atoms with E-state index in [4.69, 9.17) is 14.2 Å². The van der Waals surface area contributed by atoms with Gasteiger partial charge in [0.2, 0.25) is 0 Å². The van der Waals surface area contributed by atoms with Gasteiger partial charge in [0, 0.05) is 19.5 Å². The van der Waals surface area contributed by atoms with Gasteiger partial charge in [0.25, 0.3) is 0 Å². The fourth-order valence-electron chi connectivity index (χ4n) is 3.83. The summed E-state index contributed by atoms with van der Waals surface area (Å²) in [5, 5.41) is 2.51. The summed E-state index contributed by atoms with van der Waals surface area (Å²) in [6.07, 6.45) is -5.78. The van der Waals surface area contributed by atoms with Crippen LogP contribution < -0.4 is 5.32 Å². The lowest BCUT2D eigenvalue weighted by Gasteiger charge is -2.30. The van der Waals surface area contributed by atoms with Crippen molar-refractivity contribution in [1.29, 1.82) is 0 Å². The van der Waals surface area contributed by atoms with Gasteiger partial charge in [0.05, 0.1) is 18.8 Å². The lowest BCUT2D eigenvalue weighted by atomic mass is 9.96. The quantitative estimate of drug-likeness (QED) is 0.462. The van der Waals surface area contributed by atoms with E-state index in [1.165, 1.54) is 23.1 Å². The van der Waals surface area contributed by atoms with Gasteiger partial charge < -0.3 is 19.5 Å². The molecule has 2 atom stereocenters. The molecule has 1 aromatic rings. The van der Waals surface area contributed by atoms with Gasteiger partial charge in [-0.2, -0.15) is 13.2 Å². The number of hydrogen-bond donors (Lipinski definition) is 1. The highest BCUT2D eigenvalue weighted by Crippen LogP contribution is 2.36. The number of carbonyl (C=O) groups is 3. The zero-order chi connectivity index (χ0) is 25.7. The minimum absolute atomic E-state index is 0.00242. The van der Waals surface area contributed by atoms with Crippen LogP contribution in [0.15, 0.2) is 24.3 Å². The second kappa shape index (κ2) is 10.6. The van der Waals surface area contributed by atoms with Crippen molar-refractivity contribution < 1.29 is 41.8 Å². The van der Waals surface area contributed by atoms with E-state index in [0.717, 1.165) is 6.07 Å². The highest BCUT2D eigenvalue weighted by molar-refractivity contribution is 5.89. The Labute approximate surface area is 196 Å². The molecule has 1 amide bonds. The number of alkyl halides is 3. The Kier molecular flexibility index (Phi) is 8.57. The van der Waals surface area contributed by atoms with Crippen LogP contribution in [0.3, 0.4) is 0 Å². The smallest absolute Gasteiger partial charge is 0.416 e. The molecule has 0 spiro atoms. The number of esters is 2. The molecule has 34 heavy (non-hydrogen) atoms. The SMILES string of the molecule is CCOC(=O)C1CC(NC(=O)OC(C)(C)C)(C(=O)OCC)CN1Cc1ccccc1C(F)(F)F. The molecule has 1 aliphatic heterocycles. The number of likely N-dealkylation sites (tertiary alicyclic amines) is 1. The molecule has 1 aromatic carbocycles. The van der Waals surface area contributed by atoms with Crippen molar-refractivity contribution in [1.82, 2.24) is 10.2 Å². The summed E-state index contributed by atoms with van der Waals surface area (Å²) in [6.45, 7) is 7.53. The maximum atomic E-state index is 13.6.